The molecule has 3 nitrogen and oxygen atoms in total. The lowest BCUT2D eigenvalue weighted by Crippen LogP contribution is -2.02. The van der Waals surface area contributed by atoms with Crippen molar-refractivity contribution in [2.45, 2.75) is 77.6 Å². The number of hydrogen-bond acceptors (Lipinski definition) is 2. The standard InChI is InChI=1S/C19H30O3/c1-2-3-4-5-6-7-8-9-10-11-12-17-13-15-18(16-14-17)22-19(20)21/h13-16H,2-12H2,1H3,(H,20,21). The van der Waals surface area contributed by atoms with Gasteiger partial charge in [0.15, 0.2) is 0 Å². The maximum Gasteiger partial charge on any atom is 0.511 e. The summed E-state index contributed by atoms with van der Waals surface area (Å²) in [7, 11) is 0. The first-order valence-corrected chi connectivity index (χ1v) is 8.72. The Hall–Kier alpha value is -1.51. The predicted molar refractivity (Wildman–Crippen MR) is 90.6 cm³/mol. The molecule has 0 aliphatic carbocycles. The van der Waals surface area contributed by atoms with Gasteiger partial charge in [0.25, 0.3) is 0 Å². The lowest BCUT2D eigenvalue weighted by molar-refractivity contribution is 0.144. The van der Waals surface area contributed by atoms with E-state index in [1.165, 1.54) is 69.8 Å². The minimum atomic E-state index is -1.26. The van der Waals surface area contributed by atoms with Crippen molar-refractivity contribution in [1.82, 2.24) is 0 Å². The van der Waals surface area contributed by atoms with Crippen molar-refractivity contribution >= 4 is 6.16 Å². The number of aryl methyl sites for hydroxylation is 1. The predicted octanol–water partition coefficient (Wildman–Crippen LogP) is 6.21. The average Bonchev–Trinajstić information content (AvgIpc) is 2.50. The number of carbonyl (C=O) groups is 1. The molecule has 1 aromatic carbocycles. The summed E-state index contributed by atoms with van der Waals surface area (Å²) in [6, 6.07) is 7.34. The first-order valence-electron chi connectivity index (χ1n) is 8.72. The Bertz CT molecular complexity index is 398. The zero-order valence-electron chi connectivity index (χ0n) is 13.9. The highest BCUT2D eigenvalue weighted by molar-refractivity contribution is 5.61. The molecule has 0 aliphatic heterocycles. The van der Waals surface area contributed by atoms with E-state index in [1.807, 2.05) is 12.1 Å². The molecule has 0 heterocycles. The summed E-state index contributed by atoms with van der Waals surface area (Å²) in [5.74, 6) is 0.388. The van der Waals surface area contributed by atoms with Crippen LogP contribution in [0.3, 0.4) is 0 Å². The molecule has 1 N–H and O–H groups in total. The van der Waals surface area contributed by atoms with Gasteiger partial charge in [0, 0.05) is 0 Å². The molecule has 0 atom stereocenters. The molecule has 22 heavy (non-hydrogen) atoms. The van der Waals surface area contributed by atoms with Gasteiger partial charge in [0.1, 0.15) is 5.75 Å². The number of ether oxygens (including phenoxy) is 1. The SMILES string of the molecule is CCCCCCCCCCCCc1ccc(OC(=O)O)cc1. The van der Waals surface area contributed by atoms with Crippen LogP contribution >= 0.6 is 0 Å². The quantitative estimate of drug-likeness (QED) is 0.284. The van der Waals surface area contributed by atoms with Crippen LogP contribution in [0.5, 0.6) is 5.75 Å². The molecule has 124 valence electrons. The van der Waals surface area contributed by atoms with E-state index in [0.29, 0.717) is 5.75 Å². The van der Waals surface area contributed by atoms with Gasteiger partial charge in [-0.15, -0.1) is 0 Å². The molecule has 0 fully saturated rings. The number of benzene rings is 1. The number of carboxylic acid groups (broad SMARTS) is 1. The van der Waals surface area contributed by atoms with E-state index in [-0.39, 0.29) is 0 Å². The summed E-state index contributed by atoms with van der Waals surface area (Å²) in [6.45, 7) is 2.26. The number of unbranched alkanes of at least 4 members (excludes halogenated alkanes) is 9. The van der Waals surface area contributed by atoms with E-state index < -0.39 is 6.16 Å². The zero-order valence-corrected chi connectivity index (χ0v) is 13.9. The lowest BCUT2D eigenvalue weighted by atomic mass is 10.0. The molecule has 0 amide bonds. The molecule has 1 rings (SSSR count). The summed E-state index contributed by atoms with van der Waals surface area (Å²) in [5, 5.41) is 8.52. The molecule has 0 radical (unpaired) electrons. The zero-order chi connectivity index (χ0) is 16.0. The molecule has 0 aliphatic rings. The Kier molecular flexibility index (Phi) is 10.2. The topological polar surface area (TPSA) is 46.5 Å². The van der Waals surface area contributed by atoms with E-state index in [0.717, 1.165) is 6.42 Å². The summed E-state index contributed by atoms with van der Waals surface area (Å²) < 4.78 is 4.59. The molecular formula is C19H30O3. The maximum atomic E-state index is 10.4. The largest absolute Gasteiger partial charge is 0.511 e. The normalized spacial score (nSPS) is 10.6. The monoisotopic (exact) mass is 306 g/mol. The van der Waals surface area contributed by atoms with Crippen LogP contribution in [-0.4, -0.2) is 11.3 Å². The molecule has 0 spiro atoms. The Morgan fingerprint density at radius 1 is 0.864 bits per heavy atom. The molecule has 1 aromatic rings. The van der Waals surface area contributed by atoms with Crippen molar-refractivity contribution in [1.29, 1.82) is 0 Å². The summed E-state index contributed by atoms with van der Waals surface area (Å²) in [5.41, 5.74) is 1.25. The Balaban J connectivity index is 1.99. The molecule has 0 aromatic heterocycles. The second-order valence-electron chi connectivity index (χ2n) is 5.94. The number of hydrogen-bond donors (Lipinski definition) is 1. The van der Waals surface area contributed by atoms with Gasteiger partial charge in [0.2, 0.25) is 0 Å². The van der Waals surface area contributed by atoms with Crippen molar-refractivity contribution in [3.63, 3.8) is 0 Å². The van der Waals surface area contributed by atoms with Gasteiger partial charge in [-0.25, -0.2) is 4.79 Å². The minimum Gasteiger partial charge on any atom is -0.449 e. The third-order valence-corrected chi connectivity index (χ3v) is 3.95. The van der Waals surface area contributed by atoms with Crippen LogP contribution in [-0.2, 0) is 6.42 Å². The van der Waals surface area contributed by atoms with Gasteiger partial charge in [0.05, 0.1) is 0 Å². The van der Waals surface area contributed by atoms with Crippen LogP contribution in [0.1, 0.15) is 76.7 Å². The van der Waals surface area contributed by atoms with Gasteiger partial charge in [-0.3, -0.25) is 0 Å². The van der Waals surface area contributed by atoms with Gasteiger partial charge in [-0.1, -0.05) is 76.8 Å². The molecule has 0 bridgehead atoms. The summed E-state index contributed by atoms with van der Waals surface area (Å²) in [4.78, 5) is 10.4. The summed E-state index contributed by atoms with van der Waals surface area (Å²) >= 11 is 0. The van der Waals surface area contributed by atoms with Crippen LogP contribution < -0.4 is 4.74 Å². The molecular weight excluding hydrogens is 276 g/mol. The third kappa shape index (κ3) is 9.43. The van der Waals surface area contributed by atoms with Crippen molar-refractivity contribution in [2.75, 3.05) is 0 Å². The van der Waals surface area contributed by atoms with E-state index >= 15 is 0 Å². The van der Waals surface area contributed by atoms with E-state index in [4.69, 9.17) is 5.11 Å². The van der Waals surface area contributed by atoms with E-state index in [1.54, 1.807) is 12.1 Å². The highest BCUT2D eigenvalue weighted by Crippen LogP contribution is 2.15. The first kappa shape index (κ1) is 18.5. The fraction of sp³-hybridized carbons (Fsp3) is 0.632. The second kappa shape index (κ2) is 12.1. The Labute approximate surface area is 134 Å². The van der Waals surface area contributed by atoms with Crippen molar-refractivity contribution < 1.29 is 14.6 Å². The van der Waals surface area contributed by atoms with Crippen molar-refractivity contribution in [3.05, 3.63) is 29.8 Å². The highest BCUT2D eigenvalue weighted by Gasteiger charge is 2.00. The van der Waals surface area contributed by atoms with Gasteiger partial charge >= 0.3 is 6.16 Å². The van der Waals surface area contributed by atoms with Crippen LogP contribution in [0.2, 0.25) is 0 Å². The van der Waals surface area contributed by atoms with Crippen LogP contribution in [0.15, 0.2) is 24.3 Å². The summed E-state index contributed by atoms with van der Waals surface area (Å²) in [6.07, 6.45) is 13.3. The van der Waals surface area contributed by atoms with Crippen molar-refractivity contribution in [2.24, 2.45) is 0 Å². The molecule has 0 unspecified atom stereocenters. The third-order valence-electron chi connectivity index (χ3n) is 3.95. The van der Waals surface area contributed by atoms with E-state index in [2.05, 4.69) is 11.7 Å². The van der Waals surface area contributed by atoms with Gasteiger partial charge in [-0.2, -0.15) is 0 Å². The van der Waals surface area contributed by atoms with Gasteiger partial charge in [-0.05, 0) is 30.5 Å². The Morgan fingerprint density at radius 3 is 1.86 bits per heavy atom. The van der Waals surface area contributed by atoms with Crippen LogP contribution in [0.4, 0.5) is 4.79 Å². The van der Waals surface area contributed by atoms with E-state index in [9.17, 15) is 4.79 Å². The first-order chi connectivity index (χ1) is 10.7. The maximum absolute atomic E-state index is 10.4. The Morgan fingerprint density at radius 2 is 1.36 bits per heavy atom. The fourth-order valence-electron chi connectivity index (χ4n) is 2.64. The number of rotatable bonds is 12. The molecule has 0 saturated heterocycles. The van der Waals surface area contributed by atoms with Crippen LogP contribution in [0.25, 0.3) is 0 Å². The van der Waals surface area contributed by atoms with Crippen LogP contribution in [0, 0.1) is 0 Å². The average molecular weight is 306 g/mol. The lowest BCUT2D eigenvalue weighted by Gasteiger charge is -2.04. The van der Waals surface area contributed by atoms with Crippen molar-refractivity contribution in [3.8, 4) is 5.75 Å². The van der Waals surface area contributed by atoms with Gasteiger partial charge < -0.3 is 9.84 Å². The molecule has 0 saturated carbocycles. The second-order valence-corrected chi connectivity index (χ2v) is 5.94. The molecule has 3 heteroatoms. The minimum absolute atomic E-state index is 0.388. The highest BCUT2D eigenvalue weighted by atomic mass is 16.7. The fourth-order valence-corrected chi connectivity index (χ4v) is 2.64. The smallest absolute Gasteiger partial charge is 0.449 e.